The highest BCUT2D eigenvalue weighted by atomic mass is 79.9. The first-order valence-corrected chi connectivity index (χ1v) is 8.93. The van der Waals surface area contributed by atoms with E-state index >= 15 is 0 Å². The molecule has 7 nitrogen and oxygen atoms in total. The lowest BCUT2D eigenvalue weighted by atomic mass is 10.2. The van der Waals surface area contributed by atoms with Crippen LogP contribution in [0.15, 0.2) is 73.1 Å². The Labute approximate surface area is 160 Å². The third kappa shape index (κ3) is 2.74. The van der Waals surface area contributed by atoms with Gasteiger partial charge in [0.1, 0.15) is 17.6 Å². The molecule has 2 aromatic carbocycles. The Morgan fingerprint density at radius 1 is 1.11 bits per heavy atom. The van der Waals surface area contributed by atoms with Crippen LogP contribution < -0.4 is 5.56 Å². The molecule has 5 rings (SSSR count). The van der Waals surface area contributed by atoms with Crippen molar-refractivity contribution in [2.45, 2.75) is 6.54 Å². The molecule has 8 heteroatoms. The fraction of sp³-hybridized carbons (Fsp3) is 0.0526. The molecule has 0 saturated heterocycles. The molecule has 0 radical (unpaired) electrons. The van der Waals surface area contributed by atoms with Crippen molar-refractivity contribution in [2.75, 3.05) is 0 Å². The smallest absolute Gasteiger partial charge is 0.297 e. The summed E-state index contributed by atoms with van der Waals surface area (Å²) in [7, 11) is 0. The number of halogens is 1. The zero-order valence-corrected chi connectivity index (χ0v) is 15.4. The van der Waals surface area contributed by atoms with Gasteiger partial charge in [0.2, 0.25) is 17.3 Å². The largest absolute Gasteiger partial charge is 0.448 e. The molecule has 0 bridgehead atoms. The summed E-state index contributed by atoms with van der Waals surface area (Å²) in [6.07, 6.45) is 1.47. The molecule has 3 aromatic heterocycles. The second kappa shape index (κ2) is 6.17. The highest BCUT2D eigenvalue weighted by molar-refractivity contribution is 9.10. The van der Waals surface area contributed by atoms with E-state index in [1.807, 2.05) is 48.5 Å². The van der Waals surface area contributed by atoms with Crippen LogP contribution in [0.2, 0.25) is 0 Å². The van der Waals surface area contributed by atoms with Gasteiger partial charge in [0.05, 0.1) is 6.33 Å². The minimum absolute atomic E-state index is 0.111. The van der Waals surface area contributed by atoms with Crippen LogP contribution in [0.5, 0.6) is 0 Å². The number of nitrogens with zero attached hydrogens (tertiary/aromatic N) is 4. The number of aromatic nitrogens is 4. The topological polar surface area (TPSA) is 87.0 Å². The first-order chi connectivity index (χ1) is 13.2. The van der Waals surface area contributed by atoms with Gasteiger partial charge in [-0.05, 0) is 24.3 Å². The van der Waals surface area contributed by atoms with Crippen molar-refractivity contribution in [1.82, 2.24) is 19.7 Å². The normalized spacial score (nSPS) is 11.4. The van der Waals surface area contributed by atoms with Crippen LogP contribution in [0.4, 0.5) is 0 Å². The van der Waals surface area contributed by atoms with E-state index in [2.05, 4.69) is 31.1 Å². The van der Waals surface area contributed by atoms with Crippen LogP contribution in [0.3, 0.4) is 0 Å². The number of fused-ring (bicyclic) bond motifs is 3. The molecular weight excluding hydrogens is 412 g/mol. The summed E-state index contributed by atoms with van der Waals surface area (Å²) in [6, 6.07) is 15.0. The summed E-state index contributed by atoms with van der Waals surface area (Å²) in [5.74, 6) is 0.765. The van der Waals surface area contributed by atoms with Gasteiger partial charge >= 0.3 is 0 Å². The molecule has 0 atom stereocenters. The number of furan rings is 1. The standard InChI is InChI=1S/C19H11BrN4O3/c20-12-5-3-4-11(8-12)18-22-15(27-23-18)9-24-10-21-16-13-6-1-2-7-14(13)26-17(16)19(24)25/h1-8,10H,9H2. The van der Waals surface area contributed by atoms with Crippen molar-refractivity contribution < 1.29 is 8.94 Å². The van der Waals surface area contributed by atoms with E-state index in [-0.39, 0.29) is 17.7 Å². The Kier molecular flexibility index (Phi) is 3.64. The molecule has 0 spiro atoms. The SMILES string of the molecule is O=c1c2oc3ccccc3c2ncn1Cc1nc(-c2cccc(Br)c2)no1. The molecule has 0 amide bonds. The minimum Gasteiger partial charge on any atom is -0.448 e. The van der Waals surface area contributed by atoms with Gasteiger partial charge in [-0.3, -0.25) is 9.36 Å². The van der Waals surface area contributed by atoms with E-state index in [1.165, 1.54) is 10.9 Å². The molecule has 0 aliphatic heterocycles. The molecule has 5 aromatic rings. The summed E-state index contributed by atoms with van der Waals surface area (Å²) in [5, 5.41) is 4.80. The maximum atomic E-state index is 12.8. The van der Waals surface area contributed by atoms with Gasteiger partial charge in [0.15, 0.2) is 0 Å². The lowest BCUT2D eigenvalue weighted by Gasteiger charge is -2.00. The second-order valence-electron chi connectivity index (χ2n) is 5.98. The van der Waals surface area contributed by atoms with Crippen LogP contribution in [-0.4, -0.2) is 19.7 Å². The zero-order chi connectivity index (χ0) is 18.4. The quantitative estimate of drug-likeness (QED) is 0.436. The Morgan fingerprint density at radius 3 is 2.89 bits per heavy atom. The first-order valence-electron chi connectivity index (χ1n) is 8.14. The molecule has 27 heavy (non-hydrogen) atoms. The van der Waals surface area contributed by atoms with Gasteiger partial charge in [-0.2, -0.15) is 4.98 Å². The van der Waals surface area contributed by atoms with Crippen molar-refractivity contribution in [3.63, 3.8) is 0 Å². The van der Waals surface area contributed by atoms with Crippen LogP contribution in [-0.2, 0) is 6.54 Å². The van der Waals surface area contributed by atoms with E-state index < -0.39 is 0 Å². The molecule has 0 N–H and O–H groups in total. The highest BCUT2D eigenvalue weighted by Gasteiger charge is 2.15. The Balaban J connectivity index is 1.53. The molecule has 132 valence electrons. The summed E-state index contributed by atoms with van der Waals surface area (Å²) >= 11 is 3.42. The van der Waals surface area contributed by atoms with Crippen molar-refractivity contribution in [2.24, 2.45) is 0 Å². The van der Waals surface area contributed by atoms with Gasteiger partial charge in [-0.1, -0.05) is 45.4 Å². The van der Waals surface area contributed by atoms with Gasteiger partial charge in [-0.25, -0.2) is 4.98 Å². The molecule has 0 aliphatic carbocycles. The van der Waals surface area contributed by atoms with E-state index in [4.69, 9.17) is 8.94 Å². The van der Waals surface area contributed by atoms with E-state index in [0.29, 0.717) is 22.8 Å². The number of hydrogen-bond acceptors (Lipinski definition) is 6. The first kappa shape index (κ1) is 16.0. The van der Waals surface area contributed by atoms with Gasteiger partial charge in [-0.15, -0.1) is 0 Å². The lowest BCUT2D eigenvalue weighted by Crippen LogP contribution is -2.20. The summed E-state index contributed by atoms with van der Waals surface area (Å²) < 4.78 is 13.3. The zero-order valence-electron chi connectivity index (χ0n) is 13.8. The molecule has 0 saturated carbocycles. The third-order valence-electron chi connectivity index (χ3n) is 4.21. The number of rotatable bonds is 3. The third-order valence-corrected chi connectivity index (χ3v) is 4.70. The predicted molar refractivity (Wildman–Crippen MR) is 102 cm³/mol. The van der Waals surface area contributed by atoms with Gasteiger partial charge in [0.25, 0.3) is 5.56 Å². The van der Waals surface area contributed by atoms with Crippen LogP contribution in [0.1, 0.15) is 5.89 Å². The monoisotopic (exact) mass is 422 g/mol. The van der Waals surface area contributed by atoms with Crippen molar-refractivity contribution >= 4 is 38.0 Å². The maximum Gasteiger partial charge on any atom is 0.297 e. The van der Waals surface area contributed by atoms with Gasteiger partial charge < -0.3 is 8.94 Å². The van der Waals surface area contributed by atoms with Crippen molar-refractivity contribution in [1.29, 1.82) is 0 Å². The van der Waals surface area contributed by atoms with E-state index in [1.54, 1.807) is 0 Å². The average Bonchev–Trinajstić information content (AvgIpc) is 3.29. The second-order valence-corrected chi connectivity index (χ2v) is 6.89. The molecule has 0 unspecified atom stereocenters. The summed E-state index contributed by atoms with van der Waals surface area (Å²) in [5.41, 5.74) is 1.92. The molecule has 3 heterocycles. The Hall–Kier alpha value is -3.26. The Bertz CT molecular complexity index is 1350. The van der Waals surface area contributed by atoms with E-state index in [9.17, 15) is 4.79 Å². The minimum atomic E-state index is -0.293. The van der Waals surface area contributed by atoms with Crippen LogP contribution >= 0.6 is 15.9 Å². The Morgan fingerprint density at radius 2 is 2.00 bits per heavy atom. The fourth-order valence-electron chi connectivity index (χ4n) is 2.94. The highest BCUT2D eigenvalue weighted by Crippen LogP contribution is 2.24. The van der Waals surface area contributed by atoms with Crippen molar-refractivity contribution in [3.05, 3.63) is 75.6 Å². The maximum absolute atomic E-state index is 12.8. The van der Waals surface area contributed by atoms with E-state index in [0.717, 1.165) is 15.4 Å². The predicted octanol–water partition coefficient (Wildman–Crippen LogP) is 4.00. The fourth-order valence-corrected chi connectivity index (χ4v) is 3.34. The van der Waals surface area contributed by atoms with Crippen LogP contribution in [0, 0.1) is 0 Å². The van der Waals surface area contributed by atoms with Crippen LogP contribution in [0.25, 0.3) is 33.5 Å². The molecule has 0 fully saturated rings. The number of hydrogen-bond donors (Lipinski definition) is 0. The average molecular weight is 423 g/mol. The number of benzene rings is 2. The van der Waals surface area contributed by atoms with Gasteiger partial charge in [0, 0.05) is 15.4 Å². The molecule has 0 aliphatic rings. The summed E-state index contributed by atoms with van der Waals surface area (Å²) in [6.45, 7) is 0.111. The van der Waals surface area contributed by atoms with Crippen molar-refractivity contribution in [3.8, 4) is 11.4 Å². The molecular formula is C19H11BrN4O3. The number of para-hydroxylation sites is 1. The lowest BCUT2D eigenvalue weighted by molar-refractivity contribution is 0.369. The summed E-state index contributed by atoms with van der Waals surface area (Å²) in [4.78, 5) is 21.5.